The molecule has 1 atom stereocenters. The Labute approximate surface area is 225 Å². The Morgan fingerprint density at radius 1 is 0.667 bits per heavy atom. The van der Waals surface area contributed by atoms with Crippen molar-refractivity contribution in [2.75, 3.05) is 0 Å². The summed E-state index contributed by atoms with van der Waals surface area (Å²) in [7, 11) is 0. The van der Waals surface area contributed by atoms with Gasteiger partial charge >= 0.3 is 0 Å². The van der Waals surface area contributed by atoms with E-state index in [0.29, 0.717) is 22.3 Å². The van der Waals surface area contributed by atoms with E-state index in [4.69, 9.17) is 0 Å². The van der Waals surface area contributed by atoms with Crippen LogP contribution in [-0.2, 0) is 4.79 Å². The molecule has 0 radical (unpaired) electrons. The summed E-state index contributed by atoms with van der Waals surface area (Å²) in [6.45, 7) is 3.47. The maximum absolute atomic E-state index is 13.1. The van der Waals surface area contributed by atoms with Gasteiger partial charge in [0.2, 0.25) is 5.91 Å². The second kappa shape index (κ2) is 11.8. The summed E-state index contributed by atoms with van der Waals surface area (Å²) in [6, 6.07) is 24.2. The molecule has 0 aliphatic heterocycles. The van der Waals surface area contributed by atoms with Crippen molar-refractivity contribution in [3.63, 3.8) is 0 Å². The van der Waals surface area contributed by atoms with Crippen molar-refractivity contribution in [3.05, 3.63) is 143 Å². The van der Waals surface area contributed by atoms with E-state index in [-0.39, 0.29) is 46.4 Å². The second-order valence-electron chi connectivity index (χ2n) is 8.78. The van der Waals surface area contributed by atoms with E-state index in [9.17, 15) is 29.4 Å². The maximum Gasteiger partial charge on any atom is 0.243 e. The number of ketones is 3. The SMILES string of the molecule is C=CC(=O)NC(CC(=O)c1ccc(C(=O)c2ccccc2O)cc1)c1ccc(C(=O)c2ccccc2O)cc1. The number of carbonyl (C=O) groups excluding carboxylic acids is 4. The average Bonchev–Trinajstić information content (AvgIpc) is 2.96. The Bertz CT molecular complexity index is 1550. The summed E-state index contributed by atoms with van der Waals surface area (Å²) >= 11 is 0. The van der Waals surface area contributed by atoms with Gasteiger partial charge in [-0.3, -0.25) is 19.2 Å². The van der Waals surface area contributed by atoms with Gasteiger partial charge in [0, 0.05) is 23.1 Å². The molecule has 1 amide bonds. The van der Waals surface area contributed by atoms with Crippen LogP contribution in [0.25, 0.3) is 0 Å². The molecule has 3 N–H and O–H groups in total. The molecule has 4 aromatic rings. The molecule has 0 heterocycles. The third kappa shape index (κ3) is 6.17. The van der Waals surface area contributed by atoms with Crippen LogP contribution in [0.5, 0.6) is 11.5 Å². The van der Waals surface area contributed by atoms with E-state index in [0.717, 1.165) is 6.08 Å². The van der Waals surface area contributed by atoms with Crippen LogP contribution in [0.15, 0.2) is 110 Å². The summed E-state index contributed by atoms with van der Waals surface area (Å²) in [5.74, 6) is -1.73. The minimum Gasteiger partial charge on any atom is -0.507 e. The van der Waals surface area contributed by atoms with Crippen molar-refractivity contribution in [3.8, 4) is 11.5 Å². The lowest BCUT2D eigenvalue weighted by atomic mass is 9.94. The molecule has 39 heavy (non-hydrogen) atoms. The lowest BCUT2D eigenvalue weighted by Gasteiger charge is -2.18. The summed E-state index contributed by atoms with van der Waals surface area (Å²) in [6.07, 6.45) is 1.02. The molecule has 0 aliphatic carbocycles. The molecule has 0 saturated carbocycles. The van der Waals surface area contributed by atoms with Crippen LogP contribution in [0, 0.1) is 0 Å². The Morgan fingerprint density at radius 2 is 1.10 bits per heavy atom. The Kier molecular flexibility index (Phi) is 8.12. The van der Waals surface area contributed by atoms with Gasteiger partial charge in [-0.05, 0) is 35.9 Å². The van der Waals surface area contributed by atoms with Gasteiger partial charge in [-0.25, -0.2) is 0 Å². The first-order valence-corrected chi connectivity index (χ1v) is 12.1. The highest BCUT2D eigenvalue weighted by molar-refractivity contribution is 6.11. The number of carbonyl (C=O) groups is 4. The molecule has 194 valence electrons. The van der Waals surface area contributed by atoms with Crippen LogP contribution in [0.3, 0.4) is 0 Å². The molecule has 7 nitrogen and oxygen atoms in total. The Hall–Kier alpha value is -5.30. The molecule has 0 bridgehead atoms. The van der Waals surface area contributed by atoms with Crippen molar-refractivity contribution in [1.82, 2.24) is 5.32 Å². The first-order chi connectivity index (χ1) is 18.8. The minimum absolute atomic E-state index is 0.0842. The van der Waals surface area contributed by atoms with Crippen LogP contribution in [0.1, 0.15) is 60.2 Å². The van der Waals surface area contributed by atoms with Crippen molar-refractivity contribution in [1.29, 1.82) is 0 Å². The lowest BCUT2D eigenvalue weighted by Crippen LogP contribution is -2.28. The van der Waals surface area contributed by atoms with Gasteiger partial charge in [-0.15, -0.1) is 0 Å². The number of hydrogen-bond donors (Lipinski definition) is 3. The van der Waals surface area contributed by atoms with Crippen LogP contribution in [-0.4, -0.2) is 33.5 Å². The van der Waals surface area contributed by atoms with Crippen molar-refractivity contribution in [2.24, 2.45) is 0 Å². The fraction of sp³-hybridized carbons (Fsp3) is 0.0625. The van der Waals surface area contributed by atoms with Gasteiger partial charge < -0.3 is 15.5 Å². The number of rotatable bonds is 10. The molecular weight excluding hydrogens is 494 g/mol. The van der Waals surface area contributed by atoms with Gasteiger partial charge in [-0.1, -0.05) is 79.4 Å². The summed E-state index contributed by atoms with van der Waals surface area (Å²) in [4.78, 5) is 50.7. The highest BCUT2D eigenvalue weighted by Gasteiger charge is 2.21. The molecule has 7 heteroatoms. The molecule has 4 rings (SSSR count). The third-order valence-electron chi connectivity index (χ3n) is 6.23. The molecule has 0 saturated heterocycles. The zero-order valence-corrected chi connectivity index (χ0v) is 20.8. The number of hydrogen-bond acceptors (Lipinski definition) is 6. The second-order valence-corrected chi connectivity index (χ2v) is 8.78. The summed E-state index contributed by atoms with van der Waals surface area (Å²) in [5, 5.41) is 22.7. The quantitative estimate of drug-likeness (QED) is 0.196. The Morgan fingerprint density at radius 3 is 1.56 bits per heavy atom. The zero-order chi connectivity index (χ0) is 27.9. The summed E-state index contributed by atoms with van der Waals surface area (Å²) in [5.41, 5.74) is 1.92. The van der Waals surface area contributed by atoms with Gasteiger partial charge in [0.15, 0.2) is 17.3 Å². The fourth-order valence-corrected chi connectivity index (χ4v) is 4.10. The molecule has 0 spiro atoms. The number of para-hydroxylation sites is 2. The molecule has 0 aromatic heterocycles. The largest absolute Gasteiger partial charge is 0.507 e. The number of amides is 1. The van der Waals surface area contributed by atoms with E-state index in [1.165, 1.54) is 48.5 Å². The van der Waals surface area contributed by atoms with Crippen LogP contribution in [0.2, 0.25) is 0 Å². The third-order valence-corrected chi connectivity index (χ3v) is 6.23. The molecular formula is C32H25NO6. The molecule has 0 fully saturated rings. The predicted molar refractivity (Wildman–Crippen MR) is 146 cm³/mol. The topological polar surface area (TPSA) is 121 Å². The van der Waals surface area contributed by atoms with Gasteiger partial charge in [-0.2, -0.15) is 0 Å². The van der Waals surface area contributed by atoms with Crippen LogP contribution >= 0.6 is 0 Å². The highest BCUT2D eigenvalue weighted by atomic mass is 16.3. The predicted octanol–water partition coefficient (Wildman–Crippen LogP) is 5.18. The van der Waals surface area contributed by atoms with Crippen LogP contribution in [0.4, 0.5) is 0 Å². The minimum atomic E-state index is -0.708. The Balaban J connectivity index is 1.52. The number of Topliss-reactive ketones (excluding diaryl/α,β-unsaturated/α-hetero) is 1. The van der Waals surface area contributed by atoms with E-state index < -0.39 is 11.9 Å². The number of benzene rings is 4. The smallest absolute Gasteiger partial charge is 0.243 e. The van der Waals surface area contributed by atoms with Gasteiger partial charge in [0.25, 0.3) is 0 Å². The van der Waals surface area contributed by atoms with Gasteiger partial charge in [0.1, 0.15) is 11.5 Å². The normalized spacial score (nSPS) is 11.3. The number of nitrogens with one attached hydrogen (secondary N) is 1. The zero-order valence-electron chi connectivity index (χ0n) is 20.8. The van der Waals surface area contributed by atoms with Gasteiger partial charge in [0.05, 0.1) is 17.2 Å². The van der Waals surface area contributed by atoms with Crippen molar-refractivity contribution >= 4 is 23.3 Å². The first-order valence-electron chi connectivity index (χ1n) is 12.1. The summed E-state index contributed by atoms with van der Waals surface area (Å²) < 4.78 is 0. The number of phenols is 2. The lowest BCUT2D eigenvalue weighted by molar-refractivity contribution is -0.117. The average molecular weight is 520 g/mol. The van der Waals surface area contributed by atoms with E-state index in [1.54, 1.807) is 48.5 Å². The van der Waals surface area contributed by atoms with E-state index in [2.05, 4.69) is 11.9 Å². The molecule has 4 aromatic carbocycles. The van der Waals surface area contributed by atoms with E-state index in [1.807, 2.05) is 0 Å². The standard InChI is InChI=1S/C32H25NO6/c1-2-30(37)33-26(20-11-15-22(16-12-20)31(38)24-7-3-5-9-27(24)34)19-29(36)21-13-17-23(18-14-21)32(39)25-8-4-6-10-28(25)35/h2-18,26,34-35H,1,19H2,(H,33,37). The fourth-order valence-electron chi connectivity index (χ4n) is 4.10. The van der Waals surface area contributed by atoms with Crippen molar-refractivity contribution in [2.45, 2.75) is 12.5 Å². The monoisotopic (exact) mass is 519 g/mol. The van der Waals surface area contributed by atoms with Crippen molar-refractivity contribution < 1.29 is 29.4 Å². The van der Waals surface area contributed by atoms with Crippen LogP contribution < -0.4 is 5.32 Å². The molecule has 1 unspecified atom stereocenters. The first kappa shape index (κ1) is 26.8. The number of aromatic hydroxyl groups is 2. The number of phenolic OH excluding ortho intramolecular Hbond substituents is 2. The molecule has 0 aliphatic rings. The van der Waals surface area contributed by atoms with E-state index >= 15 is 0 Å². The highest BCUT2D eigenvalue weighted by Crippen LogP contribution is 2.25. The maximum atomic E-state index is 13.1.